The summed E-state index contributed by atoms with van der Waals surface area (Å²) in [5.41, 5.74) is 4.81. The van der Waals surface area contributed by atoms with Gasteiger partial charge in [0.25, 0.3) is 0 Å². The van der Waals surface area contributed by atoms with Gasteiger partial charge >= 0.3 is 0 Å². The molecule has 1 aliphatic heterocycles. The van der Waals surface area contributed by atoms with Gasteiger partial charge < -0.3 is 4.74 Å². The first-order valence-corrected chi connectivity index (χ1v) is 9.80. The van der Waals surface area contributed by atoms with Crippen molar-refractivity contribution in [1.82, 2.24) is 5.01 Å². The summed E-state index contributed by atoms with van der Waals surface area (Å²) < 4.78 is 6.39. The van der Waals surface area contributed by atoms with E-state index in [1.165, 1.54) is 16.7 Å². The largest absolute Gasteiger partial charge is 0.497 e. The van der Waals surface area contributed by atoms with Gasteiger partial charge in [0.2, 0.25) is 0 Å². The highest BCUT2D eigenvalue weighted by Crippen LogP contribution is 2.34. The minimum atomic E-state index is 0.217. The third-order valence-corrected chi connectivity index (χ3v) is 5.39. The van der Waals surface area contributed by atoms with Crippen LogP contribution in [-0.4, -0.2) is 17.8 Å². The molecule has 1 aliphatic rings. The molecule has 1 unspecified atom stereocenters. The molecule has 0 aromatic heterocycles. The van der Waals surface area contributed by atoms with E-state index in [4.69, 9.17) is 9.84 Å². The number of hydrogen-bond acceptors (Lipinski definition) is 3. The van der Waals surface area contributed by atoms with E-state index in [2.05, 4.69) is 81.6 Å². The zero-order chi connectivity index (χ0) is 18.6. The molecular formula is C23H21BrN2O. The van der Waals surface area contributed by atoms with Gasteiger partial charge in [0.1, 0.15) is 5.75 Å². The van der Waals surface area contributed by atoms with Gasteiger partial charge in [-0.2, -0.15) is 5.10 Å². The van der Waals surface area contributed by atoms with Crippen LogP contribution in [-0.2, 0) is 6.54 Å². The molecule has 1 heterocycles. The van der Waals surface area contributed by atoms with E-state index in [0.29, 0.717) is 0 Å². The zero-order valence-electron chi connectivity index (χ0n) is 15.2. The summed E-state index contributed by atoms with van der Waals surface area (Å²) in [6.07, 6.45) is 0.890. The van der Waals surface area contributed by atoms with Crippen LogP contribution < -0.4 is 4.74 Å². The molecule has 0 saturated heterocycles. The maximum atomic E-state index is 5.31. The van der Waals surface area contributed by atoms with E-state index in [9.17, 15) is 0 Å². The van der Waals surface area contributed by atoms with Gasteiger partial charge in [-0.05, 0) is 41.0 Å². The van der Waals surface area contributed by atoms with Crippen LogP contribution in [0.1, 0.15) is 29.2 Å². The second-order valence-electron chi connectivity index (χ2n) is 6.63. The summed E-state index contributed by atoms with van der Waals surface area (Å²) in [6, 6.07) is 27.4. The first-order valence-electron chi connectivity index (χ1n) is 9.01. The molecule has 136 valence electrons. The number of nitrogens with zero attached hydrogens (tertiary/aromatic N) is 2. The van der Waals surface area contributed by atoms with Crippen LogP contribution in [0.3, 0.4) is 0 Å². The lowest BCUT2D eigenvalue weighted by molar-refractivity contribution is 0.224. The Morgan fingerprint density at radius 2 is 1.67 bits per heavy atom. The molecule has 0 fully saturated rings. The first-order chi connectivity index (χ1) is 13.2. The van der Waals surface area contributed by atoms with E-state index < -0.39 is 0 Å². The van der Waals surface area contributed by atoms with Crippen molar-refractivity contribution >= 4 is 21.6 Å². The Bertz CT molecular complexity index is 921. The van der Waals surface area contributed by atoms with Crippen LogP contribution >= 0.6 is 15.9 Å². The molecule has 3 aromatic carbocycles. The molecule has 27 heavy (non-hydrogen) atoms. The van der Waals surface area contributed by atoms with Gasteiger partial charge in [0, 0.05) is 10.9 Å². The van der Waals surface area contributed by atoms with Crippen LogP contribution in [0.15, 0.2) is 88.4 Å². The van der Waals surface area contributed by atoms with Crippen LogP contribution in [0.2, 0.25) is 0 Å². The summed E-state index contributed by atoms with van der Waals surface area (Å²) in [5.74, 6) is 0.875. The van der Waals surface area contributed by atoms with E-state index in [-0.39, 0.29) is 6.04 Å². The van der Waals surface area contributed by atoms with Crippen LogP contribution in [0.4, 0.5) is 0 Å². The van der Waals surface area contributed by atoms with Crippen molar-refractivity contribution in [1.29, 1.82) is 0 Å². The van der Waals surface area contributed by atoms with E-state index in [0.717, 1.165) is 28.9 Å². The van der Waals surface area contributed by atoms with E-state index in [1.807, 2.05) is 18.2 Å². The molecule has 0 spiro atoms. The molecule has 0 bridgehead atoms. The maximum Gasteiger partial charge on any atom is 0.118 e. The molecule has 0 aliphatic carbocycles. The Balaban J connectivity index is 1.64. The lowest BCUT2D eigenvalue weighted by Gasteiger charge is -2.24. The fourth-order valence-corrected chi connectivity index (χ4v) is 3.67. The number of hydrogen-bond donors (Lipinski definition) is 0. The molecule has 0 saturated carbocycles. The molecular weight excluding hydrogens is 400 g/mol. The quantitative estimate of drug-likeness (QED) is 0.520. The number of rotatable bonds is 5. The van der Waals surface area contributed by atoms with Crippen molar-refractivity contribution in [2.24, 2.45) is 5.10 Å². The lowest BCUT2D eigenvalue weighted by Crippen LogP contribution is -2.19. The van der Waals surface area contributed by atoms with Gasteiger partial charge in [0.15, 0.2) is 0 Å². The highest BCUT2D eigenvalue weighted by atomic mass is 79.9. The van der Waals surface area contributed by atoms with Gasteiger partial charge in [0.05, 0.1) is 25.4 Å². The maximum absolute atomic E-state index is 5.31. The second-order valence-corrected chi connectivity index (χ2v) is 7.55. The standard InChI is InChI=1S/C23H21BrN2O/c1-27-21-13-9-19(10-14-21)23-15-22(18-7-11-20(24)12-8-18)25-26(23)16-17-5-3-2-4-6-17/h2-14,23H,15-16H2,1H3. The number of ether oxygens (including phenoxy) is 1. The lowest BCUT2D eigenvalue weighted by atomic mass is 9.98. The van der Waals surface area contributed by atoms with Crippen molar-refractivity contribution < 1.29 is 4.74 Å². The average molecular weight is 421 g/mol. The fourth-order valence-electron chi connectivity index (χ4n) is 3.40. The monoisotopic (exact) mass is 420 g/mol. The Morgan fingerprint density at radius 3 is 2.33 bits per heavy atom. The molecule has 3 nitrogen and oxygen atoms in total. The molecule has 1 atom stereocenters. The molecule has 3 aromatic rings. The first kappa shape index (κ1) is 17.8. The Morgan fingerprint density at radius 1 is 0.963 bits per heavy atom. The van der Waals surface area contributed by atoms with E-state index >= 15 is 0 Å². The van der Waals surface area contributed by atoms with Gasteiger partial charge in [-0.3, -0.25) is 5.01 Å². The van der Waals surface area contributed by atoms with Gasteiger partial charge in [-0.1, -0.05) is 70.5 Å². The number of hydrazone groups is 1. The van der Waals surface area contributed by atoms with Crippen molar-refractivity contribution in [2.45, 2.75) is 19.0 Å². The summed E-state index contributed by atoms with van der Waals surface area (Å²) >= 11 is 3.51. The van der Waals surface area contributed by atoms with Crippen LogP contribution in [0.25, 0.3) is 0 Å². The van der Waals surface area contributed by atoms with Crippen molar-refractivity contribution in [3.63, 3.8) is 0 Å². The van der Waals surface area contributed by atoms with Gasteiger partial charge in [-0.15, -0.1) is 0 Å². The normalized spacial score (nSPS) is 16.3. The van der Waals surface area contributed by atoms with Gasteiger partial charge in [-0.25, -0.2) is 0 Å². The van der Waals surface area contributed by atoms with Crippen molar-refractivity contribution in [3.8, 4) is 5.75 Å². The molecule has 4 rings (SSSR count). The fraction of sp³-hybridized carbons (Fsp3) is 0.174. The summed E-state index contributed by atoms with van der Waals surface area (Å²) in [7, 11) is 1.70. The minimum Gasteiger partial charge on any atom is -0.497 e. The van der Waals surface area contributed by atoms with Crippen LogP contribution in [0, 0.1) is 0 Å². The third-order valence-electron chi connectivity index (χ3n) is 4.86. The number of methoxy groups -OCH3 is 1. The zero-order valence-corrected chi connectivity index (χ0v) is 16.8. The predicted molar refractivity (Wildman–Crippen MR) is 113 cm³/mol. The second kappa shape index (κ2) is 7.97. The highest BCUT2D eigenvalue weighted by molar-refractivity contribution is 9.10. The summed E-state index contributed by atoms with van der Waals surface area (Å²) in [5, 5.41) is 7.19. The Labute approximate surface area is 168 Å². The Kier molecular flexibility index (Phi) is 5.26. The van der Waals surface area contributed by atoms with Crippen molar-refractivity contribution in [2.75, 3.05) is 7.11 Å². The predicted octanol–water partition coefficient (Wildman–Crippen LogP) is 5.81. The molecule has 0 amide bonds. The number of halogens is 1. The molecule has 0 N–H and O–H groups in total. The summed E-state index contributed by atoms with van der Waals surface area (Å²) in [4.78, 5) is 0. The SMILES string of the molecule is COc1ccc(C2CC(c3ccc(Br)cc3)=NN2Cc2ccccc2)cc1. The number of benzene rings is 3. The highest BCUT2D eigenvalue weighted by Gasteiger charge is 2.28. The van der Waals surface area contributed by atoms with Crippen molar-refractivity contribution in [3.05, 3.63) is 100 Å². The molecule has 0 radical (unpaired) electrons. The third kappa shape index (κ3) is 4.06. The molecule has 4 heteroatoms. The smallest absolute Gasteiger partial charge is 0.118 e. The van der Waals surface area contributed by atoms with Crippen LogP contribution in [0.5, 0.6) is 5.75 Å². The minimum absolute atomic E-state index is 0.217. The average Bonchev–Trinajstić information content (AvgIpc) is 3.13. The summed E-state index contributed by atoms with van der Waals surface area (Å²) in [6.45, 7) is 0.789. The Hall–Kier alpha value is -2.59. The topological polar surface area (TPSA) is 24.8 Å². The van der Waals surface area contributed by atoms with E-state index in [1.54, 1.807) is 7.11 Å².